The minimum absolute atomic E-state index is 0.333. The Bertz CT molecular complexity index is 428. The number of rotatable bonds is 5. The van der Waals surface area contributed by atoms with Crippen molar-refractivity contribution in [3.05, 3.63) is 30.3 Å². The lowest BCUT2D eigenvalue weighted by Gasteiger charge is -2.05. The van der Waals surface area contributed by atoms with Crippen LogP contribution in [0.4, 0.5) is 5.95 Å². The molecule has 0 aliphatic heterocycles. The molecule has 1 heterocycles. The fourth-order valence-electron chi connectivity index (χ4n) is 1.29. The second-order valence-electron chi connectivity index (χ2n) is 3.28. The summed E-state index contributed by atoms with van der Waals surface area (Å²) >= 11 is 0. The molecule has 0 bridgehead atoms. The standard InChI is InChI=1S/C10H13N5O/c11-10-12-13-14-15(10)7-4-8-16-9-5-2-1-3-6-9/h1-3,5-6H,4,7-8H2,(H2,11,12,14). The summed E-state index contributed by atoms with van der Waals surface area (Å²) in [7, 11) is 0. The first-order chi connectivity index (χ1) is 7.86. The number of hydrogen-bond acceptors (Lipinski definition) is 5. The Morgan fingerprint density at radius 3 is 2.75 bits per heavy atom. The van der Waals surface area contributed by atoms with Gasteiger partial charge in [0, 0.05) is 13.0 Å². The van der Waals surface area contributed by atoms with Crippen molar-refractivity contribution in [3.63, 3.8) is 0 Å². The second-order valence-corrected chi connectivity index (χ2v) is 3.28. The quantitative estimate of drug-likeness (QED) is 0.750. The maximum Gasteiger partial charge on any atom is 0.240 e. The lowest BCUT2D eigenvalue weighted by Crippen LogP contribution is -2.08. The predicted molar refractivity (Wildman–Crippen MR) is 58.8 cm³/mol. The van der Waals surface area contributed by atoms with Crippen LogP contribution in [0.2, 0.25) is 0 Å². The molecule has 6 heteroatoms. The SMILES string of the molecule is Nc1nnnn1CCCOc1ccccc1. The van der Waals surface area contributed by atoms with E-state index in [4.69, 9.17) is 10.5 Å². The Kier molecular flexibility index (Phi) is 3.32. The molecular weight excluding hydrogens is 206 g/mol. The van der Waals surface area contributed by atoms with Crippen LogP contribution in [0.5, 0.6) is 5.75 Å². The van der Waals surface area contributed by atoms with E-state index in [0.717, 1.165) is 12.2 Å². The van der Waals surface area contributed by atoms with E-state index in [1.54, 1.807) is 4.68 Å². The number of aryl methyl sites for hydroxylation is 1. The number of ether oxygens (including phenoxy) is 1. The number of nitrogens with two attached hydrogens (primary N) is 1. The number of benzene rings is 1. The lowest BCUT2D eigenvalue weighted by molar-refractivity contribution is 0.298. The summed E-state index contributed by atoms with van der Waals surface area (Å²) in [6, 6.07) is 9.68. The third-order valence-electron chi connectivity index (χ3n) is 2.09. The summed E-state index contributed by atoms with van der Waals surface area (Å²) in [5, 5.41) is 10.8. The summed E-state index contributed by atoms with van der Waals surface area (Å²) in [4.78, 5) is 0. The Morgan fingerprint density at radius 1 is 1.25 bits per heavy atom. The highest BCUT2D eigenvalue weighted by molar-refractivity contribution is 5.20. The van der Waals surface area contributed by atoms with Gasteiger partial charge in [-0.3, -0.25) is 0 Å². The average Bonchev–Trinajstić information content (AvgIpc) is 2.72. The smallest absolute Gasteiger partial charge is 0.240 e. The van der Waals surface area contributed by atoms with E-state index in [2.05, 4.69) is 15.5 Å². The van der Waals surface area contributed by atoms with E-state index in [1.165, 1.54) is 0 Å². The van der Waals surface area contributed by atoms with Crippen molar-refractivity contribution < 1.29 is 4.74 Å². The van der Waals surface area contributed by atoms with E-state index in [-0.39, 0.29) is 0 Å². The number of nitrogen functional groups attached to an aromatic ring is 1. The number of aromatic nitrogens is 4. The van der Waals surface area contributed by atoms with Gasteiger partial charge in [0.1, 0.15) is 5.75 Å². The van der Waals surface area contributed by atoms with Gasteiger partial charge in [-0.15, -0.1) is 0 Å². The fourth-order valence-corrected chi connectivity index (χ4v) is 1.29. The third-order valence-corrected chi connectivity index (χ3v) is 2.09. The summed E-state index contributed by atoms with van der Waals surface area (Å²) in [6.45, 7) is 1.27. The van der Waals surface area contributed by atoms with Gasteiger partial charge in [-0.05, 0) is 22.6 Å². The van der Waals surface area contributed by atoms with Crippen LogP contribution in [0.25, 0.3) is 0 Å². The minimum Gasteiger partial charge on any atom is -0.494 e. The molecule has 0 aliphatic rings. The van der Waals surface area contributed by atoms with Gasteiger partial charge in [0.2, 0.25) is 5.95 Å². The molecule has 16 heavy (non-hydrogen) atoms. The van der Waals surface area contributed by atoms with Crippen molar-refractivity contribution in [1.82, 2.24) is 20.2 Å². The molecule has 0 saturated heterocycles. The molecule has 0 atom stereocenters. The van der Waals surface area contributed by atoms with Crippen LogP contribution < -0.4 is 10.5 Å². The van der Waals surface area contributed by atoms with Crippen LogP contribution in [0, 0.1) is 0 Å². The highest BCUT2D eigenvalue weighted by Crippen LogP contribution is 2.08. The molecule has 84 valence electrons. The summed E-state index contributed by atoms with van der Waals surface area (Å²) in [6.07, 6.45) is 0.810. The third kappa shape index (κ3) is 2.69. The monoisotopic (exact) mass is 219 g/mol. The number of anilines is 1. The molecule has 1 aromatic heterocycles. The number of nitrogens with zero attached hydrogens (tertiary/aromatic N) is 4. The van der Waals surface area contributed by atoms with E-state index in [0.29, 0.717) is 19.1 Å². The molecule has 0 aliphatic carbocycles. The van der Waals surface area contributed by atoms with E-state index in [9.17, 15) is 0 Å². The van der Waals surface area contributed by atoms with Crippen LogP contribution in [0.15, 0.2) is 30.3 Å². The van der Waals surface area contributed by atoms with Gasteiger partial charge in [0.05, 0.1) is 6.61 Å². The van der Waals surface area contributed by atoms with Gasteiger partial charge in [-0.1, -0.05) is 23.3 Å². The molecule has 0 saturated carbocycles. The van der Waals surface area contributed by atoms with E-state index in [1.807, 2.05) is 30.3 Å². The van der Waals surface area contributed by atoms with Crippen molar-refractivity contribution in [2.24, 2.45) is 0 Å². The van der Waals surface area contributed by atoms with Crippen molar-refractivity contribution in [1.29, 1.82) is 0 Å². The number of hydrogen-bond donors (Lipinski definition) is 1. The Balaban J connectivity index is 1.72. The van der Waals surface area contributed by atoms with E-state index >= 15 is 0 Å². The molecule has 0 unspecified atom stereocenters. The van der Waals surface area contributed by atoms with Crippen molar-refractivity contribution in [2.75, 3.05) is 12.3 Å². The highest BCUT2D eigenvalue weighted by atomic mass is 16.5. The molecule has 0 radical (unpaired) electrons. The molecule has 2 aromatic rings. The van der Waals surface area contributed by atoms with Gasteiger partial charge >= 0.3 is 0 Å². The topological polar surface area (TPSA) is 78.9 Å². The second kappa shape index (κ2) is 5.11. The Labute approximate surface area is 93.0 Å². The van der Waals surface area contributed by atoms with Gasteiger partial charge < -0.3 is 10.5 Å². The predicted octanol–water partition coefficient (Wildman–Crippen LogP) is 0.724. The van der Waals surface area contributed by atoms with Crippen LogP contribution in [-0.2, 0) is 6.54 Å². The maximum atomic E-state index is 5.52. The van der Waals surface area contributed by atoms with Gasteiger partial charge in [-0.2, -0.15) is 0 Å². The van der Waals surface area contributed by atoms with Crippen molar-refractivity contribution in [2.45, 2.75) is 13.0 Å². The van der Waals surface area contributed by atoms with Crippen molar-refractivity contribution in [3.8, 4) is 5.75 Å². The zero-order valence-corrected chi connectivity index (χ0v) is 8.78. The van der Waals surface area contributed by atoms with Crippen LogP contribution >= 0.6 is 0 Å². The maximum absolute atomic E-state index is 5.52. The van der Waals surface area contributed by atoms with Crippen LogP contribution in [0.1, 0.15) is 6.42 Å². The molecule has 0 amide bonds. The van der Waals surface area contributed by atoms with Crippen molar-refractivity contribution >= 4 is 5.95 Å². The number of tetrazole rings is 1. The molecular formula is C10H13N5O. The number of para-hydroxylation sites is 1. The zero-order valence-electron chi connectivity index (χ0n) is 8.78. The zero-order chi connectivity index (χ0) is 11.2. The Hall–Kier alpha value is -2.11. The van der Waals surface area contributed by atoms with Crippen LogP contribution in [0.3, 0.4) is 0 Å². The molecule has 2 N–H and O–H groups in total. The average molecular weight is 219 g/mol. The molecule has 1 aromatic carbocycles. The summed E-state index contributed by atoms with van der Waals surface area (Å²) in [5.41, 5.74) is 5.52. The molecule has 0 spiro atoms. The summed E-state index contributed by atoms with van der Waals surface area (Å²) in [5.74, 6) is 1.20. The largest absolute Gasteiger partial charge is 0.494 e. The van der Waals surface area contributed by atoms with Crippen LogP contribution in [-0.4, -0.2) is 26.8 Å². The van der Waals surface area contributed by atoms with Gasteiger partial charge in [0.15, 0.2) is 0 Å². The lowest BCUT2D eigenvalue weighted by atomic mass is 10.3. The van der Waals surface area contributed by atoms with E-state index < -0.39 is 0 Å². The first-order valence-electron chi connectivity index (χ1n) is 5.06. The fraction of sp³-hybridized carbons (Fsp3) is 0.300. The minimum atomic E-state index is 0.333. The normalized spacial score (nSPS) is 10.2. The summed E-state index contributed by atoms with van der Waals surface area (Å²) < 4.78 is 7.07. The van der Waals surface area contributed by atoms with Gasteiger partial charge in [0.25, 0.3) is 0 Å². The molecule has 6 nitrogen and oxygen atoms in total. The van der Waals surface area contributed by atoms with Gasteiger partial charge in [-0.25, -0.2) is 4.68 Å². The first kappa shape index (κ1) is 10.4. The first-order valence-corrected chi connectivity index (χ1v) is 5.06. The molecule has 2 rings (SSSR count). The molecule has 0 fully saturated rings. The Morgan fingerprint density at radius 2 is 2.06 bits per heavy atom. The highest BCUT2D eigenvalue weighted by Gasteiger charge is 2.00.